The van der Waals surface area contributed by atoms with Crippen molar-refractivity contribution >= 4 is 17.5 Å². The molecular weight excluding hydrogens is 511 g/mol. The molecule has 0 radical (unpaired) electrons. The molecule has 39 heavy (non-hydrogen) atoms. The number of aryl methyl sites for hydroxylation is 1. The zero-order valence-corrected chi connectivity index (χ0v) is 21.0. The number of carbonyl (C=O) groups is 1. The van der Waals surface area contributed by atoms with E-state index in [4.69, 9.17) is 4.74 Å². The van der Waals surface area contributed by atoms with Gasteiger partial charge in [0.15, 0.2) is 5.82 Å². The molecule has 0 unspecified atom stereocenters. The average molecular weight is 534 g/mol. The van der Waals surface area contributed by atoms with Crippen LogP contribution in [0.4, 0.5) is 24.8 Å². The van der Waals surface area contributed by atoms with E-state index in [0.29, 0.717) is 47.0 Å². The van der Waals surface area contributed by atoms with E-state index in [1.165, 1.54) is 17.0 Å². The summed E-state index contributed by atoms with van der Waals surface area (Å²) in [7, 11) is 3.33. The molecule has 1 N–H and O–H groups in total. The van der Waals surface area contributed by atoms with E-state index in [-0.39, 0.29) is 23.5 Å². The number of nitrogens with zero attached hydrogens (tertiary/aromatic N) is 6. The quantitative estimate of drug-likeness (QED) is 0.345. The molecule has 198 valence electrons. The third-order valence-corrected chi connectivity index (χ3v) is 6.39. The van der Waals surface area contributed by atoms with Crippen molar-refractivity contribution in [3.63, 3.8) is 0 Å². The molecule has 12 heteroatoms. The standard InChI is InChI=1S/C27H22F3N7O2/c1-36-15-33-35-25(36)18-7-6-16(13-31)10-20(18)17-11-23(32-8-9-39-2)34-24(12-17)37-14-21-19(26(37)38)4-3-5-22(21)27(28,29)30/h3-7,10-12,15H,8-9,14H2,1-2H3,(H,32,34). The minimum absolute atomic E-state index is 0.0165. The van der Waals surface area contributed by atoms with Gasteiger partial charge in [-0.2, -0.15) is 18.4 Å². The molecule has 0 saturated carbocycles. The van der Waals surface area contributed by atoms with E-state index in [1.54, 1.807) is 55.4 Å². The highest BCUT2D eigenvalue weighted by Crippen LogP contribution is 2.40. The Morgan fingerprint density at radius 1 is 1.13 bits per heavy atom. The van der Waals surface area contributed by atoms with Crippen LogP contribution >= 0.6 is 0 Å². The number of anilines is 2. The Bertz CT molecular complexity index is 1610. The lowest BCUT2D eigenvalue weighted by molar-refractivity contribution is -0.138. The van der Waals surface area contributed by atoms with Crippen LogP contribution in [0.15, 0.2) is 54.9 Å². The van der Waals surface area contributed by atoms with E-state index >= 15 is 0 Å². The Morgan fingerprint density at radius 2 is 1.95 bits per heavy atom. The molecule has 1 aliphatic heterocycles. The normalized spacial score (nSPS) is 12.9. The summed E-state index contributed by atoms with van der Waals surface area (Å²) in [6.07, 6.45) is -3.06. The van der Waals surface area contributed by atoms with Gasteiger partial charge in [0.2, 0.25) is 0 Å². The van der Waals surface area contributed by atoms with Crippen LogP contribution in [0.2, 0.25) is 0 Å². The summed E-state index contributed by atoms with van der Waals surface area (Å²) in [6, 6.07) is 14.2. The van der Waals surface area contributed by atoms with Crippen molar-refractivity contribution in [2.75, 3.05) is 30.5 Å². The van der Waals surface area contributed by atoms with Crippen molar-refractivity contribution < 1.29 is 22.7 Å². The van der Waals surface area contributed by atoms with Gasteiger partial charge in [-0.25, -0.2) is 4.98 Å². The summed E-state index contributed by atoms with van der Waals surface area (Å²) in [5.74, 6) is 0.503. The largest absolute Gasteiger partial charge is 0.416 e. The van der Waals surface area contributed by atoms with Gasteiger partial charge in [-0.15, -0.1) is 10.2 Å². The van der Waals surface area contributed by atoms with Crippen LogP contribution in [0.1, 0.15) is 27.0 Å². The number of fused-ring (bicyclic) bond motifs is 1. The molecule has 5 rings (SSSR count). The van der Waals surface area contributed by atoms with E-state index in [2.05, 4.69) is 26.6 Å². The van der Waals surface area contributed by atoms with Crippen molar-refractivity contribution in [3.05, 3.63) is 77.1 Å². The zero-order chi connectivity index (χ0) is 27.7. The first-order valence-electron chi connectivity index (χ1n) is 11.9. The first-order chi connectivity index (χ1) is 18.7. The number of halogens is 3. The van der Waals surface area contributed by atoms with Crippen molar-refractivity contribution in [1.29, 1.82) is 5.26 Å². The number of methoxy groups -OCH3 is 1. The number of carbonyl (C=O) groups excluding carboxylic acids is 1. The molecule has 0 saturated heterocycles. The van der Waals surface area contributed by atoms with Crippen LogP contribution in [0.3, 0.4) is 0 Å². The van der Waals surface area contributed by atoms with Crippen molar-refractivity contribution in [2.24, 2.45) is 7.05 Å². The molecule has 9 nitrogen and oxygen atoms in total. The van der Waals surface area contributed by atoms with Crippen LogP contribution in [0, 0.1) is 11.3 Å². The lowest BCUT2D eigenvalue weighted by Crippen LogP contribution is -2.24. The Kier molecular flexibility index (Phi) is 6.76. The number of hydrogen-bond donors (Lipinski definition) is 1. The fourth-order valence-electron chi connectivity index (χ4n) is 4.54. The average Bonchev–Trinajstić information content (AvgIpc) is 3.50. The summed E-state index contributed by atoms with van der Waals surface area (Å²) in [5.41, 5.74) is 1.29. The second-order valence-corrected chi connectivity index (χ2v) is 8.88. The number of hydrogen-bond acceptors (Lipinski definition) is 7. The smallest absolute Gasteiger partial charge is 0.383 e. The van der Waals surface area contributed by atoms with Crippen LogP contribution < -0.4 is 10.2 Å². The monoisotopic (exact) mass is 533 g/mol. The van der Waals surface area contributed by atoms with Gasteiger partial charge in [0, 0.05) is 31.8 Å². The minimum atomic E-state index is -4.60. The van der Waals surface area contributed by atoms with Gasteiger partial charge < -0.3 is 14.6 Å². The third kappa shape index (κ3) is 4.92. The van der Waals surface area contributed by atoms with Gasteiger partial charge in [-0.05, 0) is 59.2 Å². The highest BCUT2D eigenvalue weighted by Gasteiger charge is 2.40. The predicted molar refractivity (Wildman–Crippen MR) is 137 cm³/mol. The van der Waals surface area contributed by atoms with Crippen LogP contribution in [0.25, 0.3) is 22.5 Å². The van der Waals surface area contributed by atoms with Crippen molar-refractivity contribution in [2.45, 2.75) is 12.7 Å². The molecule has 1 aliphatic rings. The van der Waals surface area contributed by atoms with Crippen LogP contribution in [-0.4, -0.2) is 45.9 Å². The third-order valence-electron chi connectivity index (χ3n) is 6.39. The van der Waals surface area contributed by atoms with Gasteiger partial charge >= 0.3 is 6.18 Å². The summed E-state index contributed by atoms with van der Waals surface area (Å²) in [6.45, 7) is 0.484. The molecule has 4 aromatic rings. The van der Waals surface area contributed by atoms with Gasteiger partial charge in [0.25, 0.3) is 5.91 Å². The number of nitriles is 1. The molecular formula is C27H22F3N7O2. The number of alkyl halides is 3. The maximum atomic E-state index is 13.7. The van der Waals surface area contributed by atoms with Gasteiger partial charge in [0.1, 0.15) is 18.0 Å². The first-order valence-corrected chi connectivity index (χ1v) is 11.9. The van der Waals surface area contributed by atoms with Gasteiger partial charge in [0.05, 0.1) is 30.3 Å². The van der Waals surface area contributed by atoms with Crippen LogP contribution in [-0.2, 0) is 24.5 Å². The molecule has 2 aromatic heterocycles. The molecule has 0 spiro atoms. The fraction of sp³-hybridized carbons (Fsp3) is 0.222. The maximum absolute atomic E-state index is 13.7. The lowest BCUT2D eigenvalue weighted by Gasteiger charge is -2.19. The molecule has 0 bridgehead atoms. The van der Waals surface area contributed by atoms with E-state index in [1.807, 2.05) is 0 Å². The molecule has 0 fully saturated rings. The predicted octanol–water partition coefficient (Wildman–Crippen LogP) is 4.65. The van der Waals surface area contributed by atoms with Gasteiger partial charge in [-0.3, -0.25) is 9.69 Å². The highest BCUT2D eigenvalue weighted by molar-refractivity contribution is 6.10. The maximum Gasteiger partial charge on any atom is 0.416 e. The summed E-state index contributed by atoms with van der Waals surface area (Å²) < 4.78 is 47.9. The molecule has 3 heterocycles. The van der Waals surface area contributed by atoms with E-state index in [9.17, 15) is 23.2 Å². The number of aromatic nitrogens is 4. The second-order valence-electron chi connectivity index (χ2n) is 8.88. The van der Waals surface area contributed by atoms with Crippen LogP contribution in [0.5, 0.6) is 0 Å². The number of ether oxygens (including phenoxy) is 1. The first kappa shape index (κ1) is 25.9. The molecule has 0 aliphatic carbocycles. The second kappa shape index (κ2) is 10.2. The molecule has 0 atom stereocenters. The summed E-state index contributed by atoms with van der Waals surface area (Å²) >= 11 is 0. The zero-order valence-electron chi connectivity index (χ0n) is 21.0. The summed E-state index contributed by atoms with van der Waals surface area (Å²) in [4.78, 5) is 19.1. The van der Waals surface area contributed by atoms with E-state index in [0.717, 1.165) is 6.07 Å². The minimum Gasteiger partial charge on any atom is -0.383 e. The van der Waals surface area contributed by atoms with E-state index < -0.39 is 17.6 Å². The Balaban J connectivity index is 1.65. The fourth-order valence-corrected chi connectivity index (χ4v) is 4.54. The number of pyridine rings is 1. The molecule has 1 amide bonds. The summed E-state index contributed by atoms with van der Waals surface area (Å²) in [5, 5.41) is 20.8. The topological polar surface area (TPSA) is 109 Å². The lowest BCUT2D eigenvalue weighted by atomic mass is 9.97. The number of nitrogens with one attached hydrogen (secondary N) is 1. The van der Waals surface area contributed by atoms with Crippen molar-refractivity contribution in [1.82, 2.24) is 19.7 Å². The number of benzene rings is 2. The van der Waals surface area contributed by atoms with Gasteiger partial charge in [-0.1, -0.05) is 6.07 Å². The SMILES string of the molecule is COCCNc1cc(-c2cc(C#N)ccc2-c2nncn2C)cc(N2Cc3c(cccc3C(F)(F)F)C2=O)n1. The Morgan fingerprint density at radius 3 is 2.64 bits per heavy atom. The highest BCUT2D eigenvalue weighted by atomic mass is 19.4. The Hall–Kier alpha value is -4.76. The van der Waals surface area contributed by atoms with Crippen molar-refractivity contribution in [3.8, 4) is 28.6 Å². The molecule has 2 aromatic carbocycles. The Labute approximate surface area is 221 Å². The number of amides is 1. The number of rotatable bonds is 7.